The molecule has 6 nitrogen and oxygen atoms in total. The molecule has 1 aliphatic rings. The van der Waals surface area contributed by atoms with Gasteiger partial charge in [0.05, 0.1) is 12.3 Å². The van der Waals surface area contributed by atoms with Gasteiger partial charge in [0.1, 0.15) is 12.3 Å². The zero-order chi connectivity index (χ0) is 15.9. The topological polar surface area (TPSA) is 62.9 Å². The molecule has 132 valence electrons. The van der Waals surface area contributed by atoms with Crippen molar-refractivity contribution in [2.45, 2.75) is 40.2 Å². The minimum atomic E-state index is 0. The van der Waals surface area contributed by atoms with Crippen molar-refractivity contribution in [3.8, 4) is 0 Å². The summed E-state index contributed by atoms with van der Waals surface area (Å²) in [5, 5.41) is 3.29. The summed E-state index contributed by atoms with van der Waals surface area (Å²) in [4.78, 5) is 11.0. The number of halogens is 1. The first-order chi connectivity index (χ1) is 10.6. The average Bonchev–Trinajstić information content (AvgIpc) is 3.25. The Bertz CT molecular complexity index is 481. The Morgan fingerprint density at radius 3 is 2.74 bits per heavy atom. The fourth-order valence-electron chi connectivity index (χ4n) is 2.06. The van der Waals surface area contributed by atoms with E-state index >= 15 is 0 Å². The molecule has 0 spiro atoms. The number of ether oxygens (including phenoxy) is 1. The summed E-state index contributed by atoms with van der Waals surface area (Å²) >= 11 is 0. The number of nitrogens with one attached hydrogen (secondary N) is 1. The van der Waals surface area contributed by atoms with Gasteiger partial charge in [0.2, 0.25) is 5.89 Å². The van der Waals surface area contributed by atoms with Crippen molar-refractivity contribution in [1.82, 2.24) is 15.2 Å². The maximum atomic E-state index is 5.68. The van der Waals surface area contributed by atoms with Crippen molar-refractivity contribution < 1.29 is 9.15 Å². The molecule has 0 aromatic carbocycles. The van der Waals surface area contributed by atoms with Gasteiger partial charge >= 0.3 is 0 Å². The Hall–Kier alpha value is -0.830. The fraction of sp³-hybridized carbons (Fsp3) is 0.750. The van der Waals surface area contributed by atoms with Crippen molar-refractivity contribution in [2.24, 2.45) is 10.9 Å². The minimum absolute atomic E-state index is 0. The summed E-state index contributed by atoms with van der Waals surface area (Å²) in [6.07, 6.45) is 2.66. The maximum absolute atomic E-state index is 5.68. The van der Waals surface area contributed by atoms with Crippen LogP contribution in [0.15, 0.2) is 9.41 Å². The zero-order valence-electron chi connectivity index (χ0n) is 14.6. The monoisotopic (exact) mass is 436 g/mol. The molecular formula is C16H29IN4O2. The number of rotatable bonds is 8. The van der Waals surface area contributed by atoms with Crippen LogP contribution in [0, 0.1) is 19.8 Å². The Balaban J connectivity index is 0.00000264. The highest BCUT2D eigenvalue weighted by molar-refractivity contribution is 14.0. The molecular weight excluding hydrogens is 407 g/mol. The molecule has 0 bridgehead atoms. The number of oxazole rings is 1. The lowest BCUT2D eigenvalue weighted by molar-refractivity contribution is 0.115. The van der Waals surface area contributed by atoms with E-state index in [1.807, 2.05) is 20.9 Å². The van der Waals surface area contributed by atoms with Gasteiger partial charge in [0.25, 0.3) is 0 Å². The van der Waals surface area contributed by atoms with Crippen molar-refractivity contribution in [3.05, 3.63) is 17.3 Å². The SMILES string of the molecule is CCNC(=NCc1nc(C)c(C)o1)N(C)CCOCC1CC1.I. The van der Waals surface area contributed by atoms with Crippen molar-refractivity contribution in [2.75, 3.05) is 33.4 Å². The summed E-state index contributed by atoms with van der Waals surface area (Å²) in [5.74, 6) is 3.18. The van der Waals surface area contributed by atoms with Gasteiger partial charge in [-0.2, -0.15) is 0 Å². The van der Waals surface area contributed by atoms with Gasteiger partial charge in [0.15, 0.2) is 5.96 Å². The Kier molecular flexibility index (Phi) is 8.90. The molecule has 7 heteroatoms. The third-order valence-corrected chi connectivity index (χ3v) is 3.75. The van der Waals surface area contributed by atoms with Crippen molar-refractivity contribution in [3.63, 3.8) is 0 Å². The molecule has 0 saturated heterocycles. The fourth-order valence-corrected chi connectivity index (χ4v) is 2.06. The number of hydrogen-bond donors (Lipinski definition) is 1. The van der Waals surface area contributed by atoms with Gasteiger partial charge in [0, 0.05) is 26.7 Å². The van der Waals surface area contributed by atoms with Crippen molar-refractivity contribution in [1.29, 1.82) is 0 Å². The maximum Gasteiger partial charge on any atom is 0.216 e. The first-order valence-corrected chi connectivity index (χ1v) is 8.10. The van der Waals surface area contributed by atoms with Crippen LogP contribution in [0.25, 0.3) is 0 Å². The molecule has 1 N–H and O–H groups in total. The third-order valence-electron chi connectivity index (χ3n) is 3.75. The highest BCUT2D eigenvalue weighted by Gasteiger charge is 2.21. The molecule has 1 heterocycles. The second-order valence-electron chi connectivity index (χ2n) is 5.86. The summed E-state index contributed by atoms with van der Waals surface area (Å²) in [5.41, 5.74) is 0.928. The summed E-state index contributed by atoms with van der Waals surface area (Å²) < 4.78 is 11.2. The van der Waals surface area contributed by atoms with E-state index in [9.17, 15) is 0 Å². The number of likely N-dealkylation sites (N-methyl/N-ethyl adjacent to an activating group) is 1. The second kappa shape index (κ2) is 10.1. The number of hydrogen-bond acceptors (Lipinski definition) is 4. The van der Waals surface area contributed by atoms with Gasteiger partial charge in [-0.05, 0) is 39.5 Å². The van der Waals surface area contributed by atoms with Gasteiger partial charge in [-0.25, -0.2) is 9.98 Å². The molecule has 1 aromatic rings. The van der Waals surface area contributed by atoms with Crippen LogP contribution in [0.1, 0.15) is 37.1 Å². The van der Waals surface area contributed by atoms with Gasteiger partial charge in [-0.15, -0.1) is 24.0 Å². The van der Waals surface area contributed by atoms with Gasteiger partial charge < -0.3 is 19.4 Å². The average molecular weight is 436 g/mol. The number of aryl methyl sites for hydroxylation is 2. The molecule has 1 fully saturated rings. The molecule has 0 unspecified atom stereocenters. The van der Waals surface area contributed by atoms with Crippen LogP contribution in [0.2, 0.25) is 0 Å². The van der Waals surface area contributed by atoms with Crippen LogP contribution in [-0.4, -0.2) is 49.2 Å². The number of nitrogens with zero attached hydrogens (tertiary/aromatic N) is 3. The highest BCUT2D eigenvalue weighted by atomic mass is 127. The lowest BCUT2D eigenvalue weighted by Crippen LogP contribution is -2.40. The molecule has 1 aromatic heterocycles. The van der Waals surface area contributed by atoms with Crippen LogP contribution in [0.5, 0.6) is 0 Å². The van der Waals surface area contributed by atoms with Crippen LogP contribution in [0.4, 0.5) is 0 Å². The molecule has 1 saturated carbocycles. The second-order valence-corrected chi connectivity index (χ2v) is 5.86. The summed E-state index contributed by atoms with van der Waals surface area (Å²) in [6.45, 7) is 9.66. The van der Waals surface area contributed by atoms with E-state index in [2.05, 4.69) is 27.1 Å². The number of aromatic nitrogens is 1. The Labute approximate surface area is 156 Å². The van der Waals surface area contributed by atoms with Crippen LogP contribution >= 0.6 is 24.0 Å². The largest absolute Gasteiger partial charge is 0.444 e. The van der Waals surface area contributed by atoms with E-state index in [1.165, 1.54) is 12.8 Å². The predicted octanol–water partition coefficient (Wildman–Crippen LogP) is 2.73. The highest BCUT2D eigenvalue weighted by Crippen LogP contribution is 2.28. The van der Waals surface area contributed by atoms with Gasteiger partial charge in [-0.1, -0.05) is 0 Å². The summed E-state index contributed by atoms with van der Waals surface area (Å²) in [7, 11) is 2.02. The van der Waals surface area contributed by atoms with E-state index in [0.29, 0.717) is 12.4 Å². The van der Waals surface area contributed by atoms with E-state index in [0.717, 1.165) is 49.6 Å². The van der Waals surface area contributed by atoms with Gasteiger partial charge in [-0.3, -0.25) is 0 Å². The number of guanidine groups is 1. The standard InChI is InChI=1S/C16H28N4O2.HI/c1-5-17-16(18-10-15-19-12(2)13(3)22-15)20(4)8-9-21-11-14-6-7-14;/h14H,5-11H2,1-4H3,(H,17,18);1H. The van der Waals surface area contributed by atoms with Crippen molar-refractivity contribution >= 4 is 29.9 Å². The lowest BCUT2D eigenvalue weighted by atomic mass is 10.4. The minimum Gasteiger partial charge on any atom is -0.444 e. The van der Waals surface area contributed by atoms with E-state index < -0.39 is 0 Å². The smallest absolute Gasteiger partial charge is 0.216 e. The van der Waals surface area contributed by atoms with E-state index in [4.69, 9.17) is 9.15 Å². The normalized spacial score (nSPS) is 14.5. The Morgan fingerprint density at radius 2 is 2.17 bits per heavy atom. The molecule has 2 rings (SSSR count). The first-order valence-electron chi connectivity index (χ1n) is 8.10. The summed E-state index contributed by atoms with van der Waals surface area (Å²) in [6, 6.07) is 0. The molecule has 23 heavy (non-hydrogen) atoms. The molecule has 0 aliphatic heterocycles. The van der Waals surface area contributed by atoms with E-state index in [1.54, 1.807) is 0 Å². The third kappa shape index (κ3) is 7.07. The molecule has 0 amide bonds. The molecule has 1 aliphatic carbocycles. The van der Waals surface area contributed by atoms with E-state index in [-0.39, 0.29) is 24.0 Å². The van der Waals surface area contributed by atoms with Crippen LogP contribution < -0.4 is 5.32 Å². The quantitative estimate of drug-likeness (QED) is 0.294. The zero-order valence-corrected chi connectivity index (χ0v) is 16.9. The molecule has 0 radical (unpaired) electrons. The number of aliphatic imine (C=N–C) groups is 1. The lowest BCUT2D eigenvalue weighted by Gasteiger charge is -2.21. The van der Waals surface area contributed by atoms with Crippen LogP contribution in [0.3, 0.4) is 0 Å². The Morgan fingerprint density at radius 1 is 1.43 bits per heavy atom. The molecule has 0 atom stereocenters. The van der Waals surface area contributed by atoms with Crippen LogP contribution in [-0.2, 0) is 11.3 Å². The first kappa shape index (κ1) is 20.2. The predicted molar refractivity (Wildman–Crippen MR) is 102 cm³/mol.